The number of carbonyl (C=O) groups excluding carboxylic acids is 1. The average molecular weight is 398 g/mol. The largest absolute Gasteiger partial charge is 0.366 e. The summed E-state index contributed by atoms with van der Waals surface area (Å²) in [5.41, 5.74) is 1.30. The van der Waals surface area contributed by atoms with Crippen molar-refractivity contribution in [1.82, 2.24) is 19.9 Å². The van der Waals surface area contributed by atoms with Gasteiger partial charge in [0, 0.05) is 44.0 Å². The van der Waals surface area contributed by atoms with E-state index in [1.807, 2.05) is 21.2 Å². The first-order valence-corrected chi connectivity index (χ1v) is 9.83. The molecule has 0 saturated carbocycles. The highest BCUT2D eigenvalue weighted by atomic mass is 32.1. The van der Waals surface area contributed by atoms with E-state index in [0.29, 0.717) is 48.6 Å². The third kappa shape index (κ3) is 4.25. The number of nitrogens with one attached hydrogen (secondary N) is 1. The molecule has 1 saturated heterocycles. The molecule has 1 aliphatic rings. The monoisotopic (exact) mass is 398 g/mol. The number of piperazine rings is 1. The number of halogens is 1. The molecular formula is C19H19FN6OS. The normalized spacial score (nSPS) is 14.2. The number of hydrogen-bond donors (Lipinski definition) is 1. The number of para-hydroxylation sites is 1. The second kappa shape index (κ2) is 8.30. The van der Waals surface area contributed by atoms with E-state index < -0.39 is 0 Å². The maximum atomic E-state index is 13.9. The van der Waals surface area contributed by atoms with Gasteiger partial charge in [0.05, 0.1) is 17.8 Å². The van der Waals surface area contributed by atoms with Crippen molar-refractivity contribution in [3.63, 3.8) is 0 Å². The topological polar surface area (TPSA) is 74.2 Å². The van der Waals surface area contributed by atoms with E-state index in [2.05, 4.69) is 20.3 Å². The first kappa shape index (κ1) is 18.3. The van der Waals surface area contributed by atoms with Crippen LogP contribution in [0.3, 0.4) is 0 Å². The predicted octanol–water partition coefficient (Wildman–Crippen LogP) is 2.71. The molecule has 1 aliphatic heterocycles. The Balaban J connectivity index is 1.31. The molecule has 3 aromatic rings. The minimum Gasteiger partial charge on any atom is -0.366 e. The Morgan fingerprint density at radius 3 is 2.61 bits per heavy atom. The van der Waals surface area contributed by atoms with Crippen molar-refractivity contribution >= 4 is 34.0 Å². The summed E-state index contributed by atoms with van der Waals surface area (Å²) >= 11 is 1.41. The molecule has 1 aromatic carbocycles. The first-order valence-electron chi connectivity index (χ1n) is 8.95. The van der Waals surface area contributed by atoms with Gasteiger partial charge in [0.2, 0.25) is 11.9 Å². The fourth-order valence-corrected chi connectivity index (χ4v) is 3.78. The zero-order chi connectivity index (χ0) is 19.3. The molecule has 144 valence electrons. The number of amides is 1. The van der Waals surface area contributed by atoms with Gasteiger partial charge in [-0.3, -0.25) is 4.79 Å². The van der Waals surface area contributed by atoms with Crippen LogP contribution in [0.15, 0.2) is 48.1 Å². The van der Waals surface area contributed by atoms with E-state index in [4.69, 9.17) is 0 Å². The number of thiazole rings is 1. The molecule has 7 nitrogen and oxygen atoms in total. The summed E-state index contributed by atoms with van der Waals surface area (Å²) < 4.78 is 13.9. The van der Waals surface area contributed by atoms with Crippen LogP contribution < -0.4 is 10.2 Å². The first-order chi connectivity index (χ1) is 13.7. The molecular weight excluding hydrogens is 379 g/mol. The lowest BCUT2D eigenvalue weighted by Gasteiger charge is -2.36. The summed E-state index contributed by atoms with van der Waals surface area (Å²) in [6, 6.07) is 8.47. The maximum Gasteiger partial charge on any atom is 0.228 e. The number of benzene rings is 1. The quantitative estimate of drug-likeness (QED) is 0.712. The van der Waals surface area contributed by atoms with E-state index >= 15 is 0 Å². The summed E-state index contributed by atoms with van der Waals surface area (Å²) in [7, 11) is 0. The van der Waals surface area contributed by atoms with Gasteiger partial charge in [-0.1, -0.05) is 12.1 Å². The zero-order valence-corrected chi connectivity index (χ0v) is 15.9. The number of hydrogen-bond acceptors (Lipinski definition) is 7. The van der Waals surface area contributed by atoms with Gasteiger partial charge in [-0.25, -0.2) is 19.3 Å². The molecule has 3 heterocycles. The smallest absolute Gasteiger partial charge is 0.228 e. The molecule has 1 fully saturated rings. The Bertz CT molecular complexity index is 942. The standard InChI is InChI=1S/C19H19FN6OS/c20-15-4-1-2-5-16(15)25-8-10-26(11-9-25)17(27)12-14-13-28-19(23-14)24-18-21-6-3-7-22-18/h1-7,13H,8-12H2,(H,21,22,23,24). The number of anilines is 3. The van der Waals surface area contributed by atoms with Crippen LogP contribution in [-0.4, -0.2) is 51.9 Å². The van der Waals surface area contributed by atoms with Crippen molar-refractivity contribution in [2.75, 3.05) is 36.4 Å². The summed E-state index contributed by atoms with van der Waals surface area (Å²) in [5.74, 6) is 0.271. The Hall–Kier alpha value is -3.07. The average Bonchev–Trinajstić information content (AvgIpc) is 3.16. The van der Waals surface area contributed by atoms with Crippen LogP contribution in [0.2, 0.25) is 0 Å². The SMILES string of the molecule is O=C(Cc1csc(Nc2ncccn2)n1)N1CCN(c2ccccc2F)CC1. The van der Waals surface area contributed by atoms with E-state index in [0.717, 1.165) is 0 Å². The third-order valence-corrected chi connectivity index (χ3v) is 5.30. The Morgan fingerprint density at radius 1 is 1.11 bits per heavy atom. The van der Waals surface area contributed by atoms with Crippen LogP contribution in [0, 0.1) is 5.82 Å². The van der Waals surface area contributed by atoms with Crippen LogP contribution in [-0.2, 0) is 11.2 Å². The summed E-state index contributed by atoms with van der Waals surface area (Å²) in [6.45, 7) is 2.37. The van der Waals surface area contributed by atoms with Crippen LogP contribution in [0.4, 0.5) is 21.2 Å². The molecule has 2 aromatic heterocycles. The van der Waals surface area contributed by atoms with Crippen molar-refractivity contribution in [2.24, 2.45) is 0 Å². The Kier molecular flexibility index (Phi) is 5.43. The number of aromatic nitrogens is 3. The van der Waals surface area contributed by atoms with Crippen molar-refractivity contribution < 1.29 is 9.18 Å². The second-order valence-electron chi connectivity index (χ2n) is 6.34. The van der Waals surface area contributed by atoms with Gasteiger partial charge in [-0.05, 0) is 18.2 Å². The van der Waals surface area contributed by atoms with Crippen molar-refractivity contribution in [3.8, 4) is 0 Å². The van der Waals surface area contributed by atoms with E-state index in [1.165, 1.54) is 17.4 Å². The molecule has 28 heavy (non-hydrogen) atoms. The molecule has 0 unspecified atom stereocenters. The fourth-order valence-electron chi connectivity index (χ4n) is 3.08. The molecule has 0 spiro atoms. The van der Waals surface area contributed by atoms with Gasteiger partial charge in [0.1, 0.15) is 5.82 Å². The van der Waals surface area contributed by atoms with Crippen LogP contribution in [0.25, 0.3) is 0 Å². The van der Waals surface area contributed by atoms with E-state index in [1.54, 1.807) is 30.6 Å². The molecule has 4 rings (SSSR count). The fraction of sp³-hybridized carbons (Fsp3) is 0.263. The van der Waals surface area contributed by atoms with Gasteiger partial charge in [0.25, 0.3) is 0 Å². The lowest BCUT2D eigenvalue weighted by molar-refractivity contribution is -0.130. The van der Waals surface area contributed by atoms with E-state index in [-0.39, 0.29) is 18.1 Å². The summed E-state index contributed by atoms with van der Waals surface area (Å²) in [5, 5.41) is 5.54. The highest BCUT2D eigenvalue weighted by Gasteiger charge is 2.23. The molecule has 9 heteroatoms. The Labute approximate surface area is 165 Å². The zero-order valence-electron chi connectivity index (χ0n) is 15.1. The van der Waals surface area contributed by atoms with Gasteiger partial charge in [-0.15, -0.1) is 11.3 Å². The van der Waals surface area contributed by atoms with Gasteiger partial charge >= 0.3 is 0 Å². The van der Waals surface area contributed by atoms with Gasteiger partial charge in [0.15, 0.2) is 5.13 Å². The highest BCUT2D eigenvalue weighted by molar-refractivity contribution is 7.13. The van der Waals surface area contributed by atoms with Gasteiger partial charge < -0.3 is 15.1 Å². The van der Waals surface area contributed by atoms with Crippen LogP contribution in [0.1, 0.15) is 5.69 Å². The minimum atomic E-state index is -0.229. The van der Waals surface area contributed by atoms with Crippen molar-refractivity contribution in [3.05, 3.63) is 59.6 Å². The molecule has 0 radical (unpaired) electrons. The lowest BCUT2D eigenvalue weighted by atomic mass is 10.2. The van der Waals surface area contributed by atoms with Crippen molar-refractivity contribution in [1.29, 1.82) is 0 Å². The van der Waals surface area contributed by atoms with Gasteiger partial charge in [-0.2, -0.15) is 0 Å². The molecule has 0 bridgehead atoms. The highest BCUT2D eigenvalue weighted by Crippen LogP contribution is 2.21. The molecule has 1 N–H and O–H groups in total. The minimum absolute atomic E-state index is 0.0287. The number of carbonyl (C=O) groups is 1. The van der Waals surface area contributed by atoms with Crippen LogP contribution >= 0.6 is 11.3 Å². The van der Waals surface area contributed by atoms with E-state index in [9.17, 15) is 9.18 Å². The molecule has 0 aliphatic carbocycles. The van der Waals surface area contributed by atoms with Crippen molar-refractivity contribution in [2.45, 2.75) is 6.42 Å². The Morgan fingerprint density at radius 2 is 1.86 bits per heavy atom. The van der Waals surface area contributed by atoms with Crippen LogP contribution in [0.5, 0.6) is 0 Å². The predicted molar refractivity (Wildman–Crippen MR) is 106 cm³/mol. The lowest BCUT2D eigenvalue weighted by Crippen LogP contribution is -2.49. The molecule has 1 amide bonds. The second-order valence-corrected chi connectivity index (χ2v) is 7.20. The number of rotatable bonds is 5. The third-order valence-electron chi connectivity index (χ3n) is 4.49. The summed E-state index contributed by atoms with van der Waals surface area (Å²) in [4.78, 5) is 29.0. The number of nitrogens with zero attached hydrogens (tertiary/aromatic N) is 5. The summed E-state index contributed by atoms with van der Waals surface area (Å²) in [6.07, 6.45) is 3.54. The maximum absolute atomic E-state index is 13.9. The molecule has 0 atom stereocenters.